The van der Waals surface area contributed by atoms with Gasteiger partial charge in [0.25, 0.3) is 11.7 Å². The number of ether oxygens (including phenoxy) is 3. The molecule has 1 unspecified atom stereocenters. The summed E-state index contributed by atoms with van der Waals surface area (Å²) in [6, 6.07) is 20.4. The van der Waals surface area contributed by atoms with Crippen LogP contribution in [0.4, 0.5) is 0 Å². The molecule has 1 aliphatic heterocycles. The lowest BCUT2D eigenvalue weighted by atomic mass is 9.95. The van der Waals surface area contributed by atoms with E-state index >= 15 is 0 Å². The predicted molar refractivity (Wildman–Crippen MR) is 141 cm³/mol. The molecule has 0 aromatic heterocycles. The number of benzene rings is 3. The number of ketones is 1. The van der Waals surface area contributed by atoms with E-state index in [9.17, 15) is 14.7 Å². The summed E-state index contributed by atoms with van der Waals surface area (Å²) >= 11 is 6.34. The molecule has 37 heavy (non-hydrogen) atoms. The molecule has 3 aromatic carbocycles. The van der Waals surface area contributed by atoms with Crippen molar-refractivity contribution in [1.82, 2.24) is 4.90 Å². The summed E-state index contributed by atoms with van der Waals surface area (Å²) in [6.45, 7) is 2.96. The molecule has 1 aliphatic rings. The molecule has 1 fully saturated rings. The van der Waals surface area contributed by atoms with Crippen LogP contribution >= 0.6 is 11.6 Å². The van der Waals surface area contributed by atoms with Crippen LogP contribution in [0.25, 0.3) is 5.76 Å². The quantitative estimate of drug-likeness (QED) is 0.153. The number of aliphatic hydroxyl groups is 1. The largest absolute Gasteiger partial charge is 0.507 e. The Bertz CT molecular complexity index is 1310. The number of methoxy groups -OCH3 is 1. The fourth-order valence-electron chi connectivity index (χ4n) is 4.29. The molecular weight excluding hydrogens is 494 g/mol. The van der Waals surface area contributed by atoms with Crippen molar-refractivity contribution in [2.24, 2.45) is 0 Å². The second-order valence-electron chi connectivity index (χ2n) is 8.40. The highest BCUT2D eigenvalue weighted by Gasteiger charge is 2.46. The van der Waals surface area contributed by atoms with Crippen LogP contribution < -0.4 is 9.47 Å². The molecule has 0 spiro atoms. The van der Waals surface area contributed by atoms with Crippen LogP contribution in [-0.2, 0) is 14.3 Å². The number of aliphatic hydroxyl groups excluding tert-OH is 1. The minimum absolute atomic E-state index is 0.0143. The maximum atomic E-state index is 13.2. The van der Waals surface area contributed by atoms with E-state index in [0.29, 0.717) is 48.0 Å². The van der Waals surface area contributed by atoms with Crippen LogP contribution in [0.5, 0.6) is 17.2 Å². The van der Waals surface area contributed by atoms with Crippen molar-refractivity contribution in [3.05, 3.63) is 94.5 Å². The lowest BCUT2D eigenvalue weighted by Crippen LogP contribution is -2.31. The average molecular weight is 522 g/mol. The highest BCUT2D eigenvalue weighted by molar-refractivity contribution is 6.46. The fourth-order valence-corrected chi connectivity index (χ4v) is 4.52. The number of carbonyl (C=O) groups excluding carboxylic acids is 2. The number of para-hydroxylation sites is 1. The molecule has 3 aromatic rings. The Morgan fingerprint density at radius 1 is 1.00 bits per heavy atom. The van der Waals surface area contributed by atoms with Crippen molar-refractivity contribution in [1.29, 1.82) is 0 Å². The van der Waals surface area contributed by atoms with Gasteiger partial charge in [-0.1, -0.05) is 41.9 Å². The highest BCUT2D eigenvalue weighted by Crippen LogP contribution is 2.41. The Labute approximate surface area is 220 Å². The van der Waals surface area contributed by atoms with Gasteiger partial charge in [0.2, 0.25) is 0 Å². The number of carbonyl (C=O) groups is 2. The van der Waals surface area contributed by atoms with Gasteiger partial charge < -0.3 is 24.2 Å². The molecule has 4 rings (SSSR count). The monoisotopic (exact) mass is 521 g/mol. The Balaban J connectivity index is 1.78. The van der Waals surface area contributed by atoms with Gasteiger partial charge in [-0.2, -0.15) is 0 Å². The molecule has 8 heteroatoms. The second-order valence-corrected chi connectivity index (χ2v) is 8.81. The number of hydrogen-bond donors (Lipinski definition) is 1. The smallest absolute Gasteiger partial charge is 0.295 e. The third-order valence-electron chi connectivity index (χ3n) is 5.95. The van der Waals surface area contributed by atoms with Crippen molar-refractivity contribution in [3.63, 3.8) is 0 Å². The van der Waals surface area contributed by atoms with Crippen LogP contribution in [0.2, 0.25) is 5.02 Å². The minimum Gasteiger partial charge on any atom is -0.507 e. The molecule has 1 heterocycles. The summed E-state index contributed by atoms with van der Waals surface area (Å²) in [7, 11) is 1.58. The van der Waals surface area contributed by atoms with Gasteiger partial charge in [-0.3, -0.25) is 9.59 Å². The molecule has 0 radical (unpaired) electrons. The summed E-state index contributed by atoms with van der Waals surface area (Å²) < 4.78 is 16.6. The number of amides is 1. The number of likely N-dealkylation sites (tertiary alicyclic amines) is 1. The first-order valence-corrected chi connectivity index (χ1v) is 12.3. The van der Waals surface area contributed by atoms with Crippen LogP contribution in [0, 0.1) is 0 Å². The van der Waals surface area contributed by atoms with E-state index in [-0.39, 0.29) is 22.9 Å². The number of Topliss-reactive ketones (excluding diaryl/α,β-unsaturated/α-hetero) is 1. The van der Waals surface area contributed by atoms with Gasteiger partial charge >= 0.3 is 0 Å². The third-order valence-corrected chi connectivity index (χ3v) is 6.24. The zero-order chi connectivity index (χ0) is 26.4. The number of hydrogen-bond acceptors (Lipinski definition) is 6. The van der Waals surface area contributed by atoms with E-state index in [4.69, 9.17) is 25.8 Å². The van der Waals surface area contributed by atoms with Gasteiger partial charge in [0.15, 0.2) is 0 Å². The molecule has 0 saturated carbocycles. The van der Waals surface area contributed by atoms with Gasteiger partial charge in [0.05, 0.1) is 23.2 Å². The molecule has 0 bridgehead atoms. The standard InChI is InChI=1S/C29H28ClNO6/c1-3-36-24-14-13-20(18-23(24)30)27(32)25-26(31(15-8-16-35-2)29(34)28(25)33)19-9-7-12-22(17-19)37-21-10-5-4-6-11-21/h4-7,9-14,17-18,26,32H,3,8,15-16H2,1-2H3/b27-25+. The number of rotatable bonds is 10. The number of halogens is 1. The van der Waals surface area contributed by atoms with Gasteiger partial charge in [0.1, 0.15) is 23.0 Å². The topological polar surface area (TPSA) is 85.3 Å². The van der Waals surface area contributed by atoms with Crippen molar-refractivity contribution in [2.45, 2.75) is 19.4 Å². The molecule has 1 N–H and O–H groups in total. The maximum absolute atomic E-state index is 13.2. The maximum Gasteiger partial charge on any atom is 0.295 e. The lowest BCUT2D eigenvalue weighted by Gasteiger charge is -2.25. The van der Waals surface area contributed by atoms with E-state index in [1.54, 1.807) is 43.5 Å². The highest BCUT2D eigenvalue weighted by atomic mass is 35.5. The molecule has 1 amide bonds. The molecule has 1 saturated heterocycles. The Morgan fingerprint density at radius 3 is 2.46 bits per heavy atom. The number of nitrogens with zero attached hydrogens (tertiary/aromatic N) is 1. The van der Waals surface area contributed by atoms with Crippen molar-refractivity contribution < 1.29 is 28.9 Å². The summed E-state index contributed by atoms with van der Waals surface area (Å²) in [6.07, 6.45) is 0.523. The summed E-state index contributed by atoms with van der Waals surface area (Å²) in [5.41, 5.74) is 0.924. The van der Waals surface area contributed by atoms with Crippen molar-refractivity contribution >= 4 is 29.1 Å². The lowest BCUT2D eigenvalue weighted by molar-refractivity contribution is -0.140. The summed E-state index contributed by atoms with van der Waals surface area (Å²) in [5.74, 6) is -0.110. The molecule has 192 valence electrons. The second kappa shape index (κ2) is 12.0. The summed E-state index contributed by atoms with van der Waals surface area (Å²) in [4.78, 5) is 27.8. The van der Waals surface area contributed by atoms with Crippen LogP contribution in [0.1, 0.15) is 30.5 Å². The zero-order valence-electron chi connectivity index (χ0n) is 20.6. The Kier molecular flexibility index (Phi) is 8.48. The molecular formula is C29H28ClNO6. The molecule has 7 nitrogen and oxygen atoms in total. The van der Waals surface area contributed by atoms with Crippen molar-refractivity contribution in [3.8, 4) is 17.2 Å². The normalized spacial score (nSPS) is 16.7. The van der Waals surface area contributed by atoms with Crippen molar-refractivity contribution in [2.75, 3.05) is 26.9 Å². The first-order valence-electron chi connectivity index (χ1n) is 12.0. The van der Waals surface area contributed by atoms with Gasteiger partial charge in [-0.05, 0) is 61.4 Å². The van der Waals surface area contributed by atoms with Crippen LogP contribution in [-0.4, -0.2) is 48.6 Å². The van der Waals surface area contributed by atoms with Crippen LogP contribution in [0.15, 0.2) is 78.4 Å². The Hall–Kier alpha value is -3.81. The third kappa shape index (κ3) is 5.79. The van der Waals surface area contributed by atoms with E-state index in [1.165, 1.54) is 11.0 Å². The molecule has 0 aliphatic carbocycles. The first-order chi connectivity index (χ1) is 17.9. The first kappa shape index (κ1) is 26.3. The van der Waals surface area contributed by atoms with Gasteiger partial charge in [-0.25, -0.2) is 0 Å². The SMILES string of the molecule is CCOc1ccc(/C(O)=C2\C(=O)C(=O)N(CCCOC)C2c2cccc(Oc3ccccc3)c2)cc1Cl. The van der Waals surface area contributed by atoms with Crippen LogP contribution in [0.3, 0.4) is 0 Å². The molecule has 1 atom stereocenters. The summed E-state index contributed by atoms with van der Waals surface area (Å²) in [5, 5.41) is 11.6. The van der Waals surface area contributed by atoms with E-state index in [1.807, 2.05) is 37.3 Å². The fraction of sp³-hybridized carbons (Fsp3) is 0.241. The van der Waals surface area contributed by atoms with E-state index in [0.717, 1.165) is 0 Å². The van der Waals surface area contributed by atoms with Gasteiger partial charge in [0, 0.05) is 25.8 Å². The minimum atomic E-state index is -0.818. The van der Waals surface area contributed by atoms with E-state index < -0.39 is 17.7 Å². The average Bonchev–Trinajstić information content (AvgIpc) is 3.15. The predicted octanol–water partition coefficient (Wildman–Crippen LogP) is 5.99. The van der Waals surface area contributed by atoms with E-state index in [2.05, 4.69) is 0 Å². The Morgan fingerprint density at radius 2 is 1.76 bits per heavy atom. The zero-order valence-corrected chi connectivity index (χ0v) is 21.4. The van der Waals surface area contributed by atoms with Gasteiger partial charge in [-0.15, -0.1) is 0 Å².